The van der Waals surface area contributed by atoms with Crippen molar-refractivity contribution in [1.29, 1.82) is 0 Å². The van der Waals surface area contributed by atoms with Crippen LogP contribution in [0.3, 0.4) is 0 Å². The van der Waals surface area contributed by atoms with Gasteiger partial charge in [-0.15, -0.1) is 0 Å². The summed E-state index contributed by atoms with van der Waals surface area (Å²) < 4.78 is 6.91. The topological polar surface area (TPSA) is 56.7 Å². The van der Waals surface area contributed by atoms with E-state index in [1.807, 2.05) is 17.6 Å². The minimum Gasteiger partial charge on any atom is -0.470 e. The fourth-order valence-electron chi connectivity index (χ4n) is 1.67. The molecular weight excluding hydrogens is 228 g/mol. The molecule has 0 N–H and O–H groups in total. The lowest BCUT2D eigenvalue weighted by Crippen LogP contribution is -1.96. The molecule has 0 spiro atoms. The van der Waals surface area contributed by atoms with E-state index in [0.29, 0.717) is 16.3 Å². The molecule has 0 aromatic carbocycles. The summed E-state index contributed by atoms with van der Waals surface area (Å²) >= 11 is 5.95. The lowest BCUT2D eigenvalue weighted by Gasteiger charge is -2.00. The van der Waals surface area contributed by atoms with Gasteiger partial charge in [-0.05, 0) is 6.92 Å². The zero-order valence-electron chi connectivity index (χ0n) is 8.38. The second kappa shape index (κ2) is 3.31. The van der Waals surface area contributed by atoms with E-state index >= 15 is 0 Å². The summed E-state index contributed by atoms with van der Waals surface area (Å²) in [4.78, 5) is 12.4. The molecule has 0 unspecified atom stereocenters. The molecule has 0 aliphatic heterocycles. The average molecular weight is 235 g/mol. The predicted octanol–water partition coefficient (Wildman–Crippen LogP) is 2.37. The van der Waals surface area contributed by atoms with Gasteiger partial charge in [0.05, 0.1) is 12.0 Å². The molecule has 3 rings (SSSR count). The SMILES string of the molecule is Cc1nc2c(Cl)ncnc2n1-c1ccoc1. The van der Waals surface area contributed by atoms with Gasteiger partial charge in [-0.2, -0.15) is 0 Å². The van der Waals surface area contributed by atoms with Gasteiger partial charge in [-0.1, -0.05) is 11.6 Å². The van der Waals surface area contributed by atoms with Crippen LogP contribution >= 0.6 is 11.6 Å². The summed E-state index contributed by atoms with van der Waals surface area (Å²) in [6.45, 7) is 1.88. The third-order valence-electron chi connectivity index (χ3n) is 2.33. The number of nitrogens with zero attached hydrogens (tertiary/aromatic N) is 4. The Balaban J connectivity index is 2.41. The van der Waals surface area contributed by atoms with Crippen molar-refractivity contribution in [2.24, 2.45) is 0 Å². The molecule has 0 atom stereocenters. The van der Waals surface area contributed by atoms with Gasteiger partial charge in [0, 0.05) is 6.07 Å². The second-order valence-corrected chi connectivity index (χ2v) is 3.67. The molecule has 0 aliphatic carbocycles. The van der Waals surface area contributed by atoms with Gasteiger partial charge < -0.3 is 4.42 Å². The first-order valence-electron chi connectivity index (χ1n) is 4.65. The molecule has 0 radical (unpaired) electrons. The van der Waals surface area contributed by atoms with E-state index in [1.54, 1.807) is 12.5 Å². The molecule has 3 heterocycles. The van der Waals surface area contributed by atoms with Crippen molar-refractivity contribution in [3.63, 3.8) is 0 Å². The Bertz CT molecular complexity index is 644. The van der Waals surface area contributed by atoms with Crippen LogP contribution in [0, 0.1) is 6.92 Å². The predicted molar refractivity (Wildman–Crippen MR) is 58.7 cm³/mol. The normalized spacial score (nSPS) is 11.1. The molecule has 0 saturated heterocycles. The summed E-state index contributed by atoms with van der Waals surface area (Å²) in [6.07, 6.45) is 4.65. The van der Waals surface area contributed by atoms with Crippen LogP contribution in [0.5, 0.6) is 0 Å². The van der Waals surface area contributed by atoms with Crippen LogP contribution in [0.4, 0.5) is 0 Å². The van der Waals surface area contributed by atoms with Gasteiger partial charge in [-0.3, -0.25) is 4.57 Å². The van der Waals surface area contributed by atoms with E-state index in [1.165, 1.54) is 6.33 Å². The molecule has 0 saturated carbocycles. The molecule has 80 valence electrons. The fraction of sp³-hybridized carbons (Fsp3) is 0.100. The first kappa shape index (κ1) is 9.35. The maximum atomic E-state index is 5.95. The van der Waals surface area contributed by atoms with Crippen molar-refractivity contribution in [3.05, 3.63) is 35.9 Å². The Morgan fingerprint density at radius 1 is 1.38 bits per heavy atom. The van der Waals surface area contributed by atoms with E-state index in [0.717, 1.165) is 11.5 Å². The Hall–Kier alpha value is -1.88. The molecule has 0 aliphatic rings. The largest absolute Gasteiger partial charge is 0.470 e. The van der Waals surface area contributed by atoms with E-state index in [9.17, 15) is 0 Å². The Morgan fingerprint density at radius 3 is 3.00 bits per heavy atom. The standard InChI is InChI=1S/C10H7ClN4O/c1-6-14-8-9(11)12-5-13-10(8)15(6)7-2-3-16-4-7/h2-5H,1H3. The van der Waals surface area contributed by atoms with Crippen molar-refractivity contribution in [2.75, 3.05) is 0 Å². The summed E-state index contributed by atoms with van der Waals surface area (Å²) in [5.74, 6) is 0.791. The summed E-state index contributed by atoms with van der Waals surface area (Å²) in [6, 6.07) is 1.84. The van der Waals surface area contributed by atoms with Crippen molar-refractivity contribution >= 4 is 22.8 Å². The van der Waals surface area contributed by atoms with E-state index in [-0.39, 0.29) is 0 Å². The summed E-state index contributed by atoms with van der Waals surface area (Å²) in [5.41, 5.74) is 2.15. The average Bonchev–Trinajstić information content (AvgIpc) is 2.85. The van der Waals surface area contributed by atoms with Crippen molar-refractivity contribution < 1.29 is 4.42 Å². The minimum absolute atomic E-state index is 0.357. The van der Waals surface area contributed by atoms with Crippen LogP contribution < -0.4 is 0 Å². The van der Waals surface area contributed by atoms with E-state index in [2.05, 4.69) is 15.0 Å². The van der Waals surface area contributed by atoms with Gasteiger partial charge in [0.2, 0.25) is 0 Å². The summed E-state index contributed by atoms with van der Waals surface area (Å²) in [5, 5.41) is 0.357. The van der Waals surface area contributed by atoms with Gasteiger partial charge >= 0.3 is 0 Å². The van der Waals surface area contributed by atoms with Gasteiger partial charge in [0.15, 0.2) is 10.8 Å². The Kier molecular flexibility index (Phi) is 1.94. The number of fused-ring (bicyclic) bond motifs is 1. The number of hydrogen-bond donors (Lipinski definition) is 0. The van der Waals surface area contributed by atoms with Crippen LogP contribution in [-0.4, -0.2) is 19.5 Å². The number of imidazole rings is 1. The molecule has 16 heavy (non-hydrogen) atoms. The first-order chi connectivity index (χ1) is 7.77. The fourth-order valence-corrected chi connectivity index (χ4v) is 1.84. The van der Waals surface area contributed by atoms with Crippen LogP contribution in [-0.2, 0) is 0 Å². The lowest BCUT2D eigenvalue weighted by atomic mass is 10.5. The van der Waals surface area contributed by atoms with E-state index < -0.39 is 0 Å². The van der Waals surface area contributed by atoms with Crippen LogP contribution in [0.1, 0.15) is 5.82 Å². The van der Waals surface area contributed by atoms with Gasteiger partial charge in [-0.25, -0.2) is 15.0 Å². The molecule has 3 aromatic rings. The Morgan fingerprint density at radius 2 is 2.25 bits per heavy atom. The summed E-state index contributed by atoms with van der Waals surface area (Å²) in [7, 11) is 0. The van der Waals surface area contributed by atoms with Crippen molar-refractivity contribution in [1.82, 2.24) is 19.5 Å². The maximum Gasteiger partial charge on any atom is 0.169 e. The highest BCUT2D eigenvalue weighted by Crippen LogP contribution is 2.23. The minimum atomic E-state index is 0.357. The molecule has 0 bridgehead atoms. The lowest BCUT2D eigenvalue weighted by molar-refractivity contribution is 0.565. The Labute approximate surface area is 95.7 Å². The number of aromatic nitrogens is 4. The highest BCUT2D eigenvalue weighted by atomic mass is 35.5. The quantitative estimate of drug-likeness (QED) is 0.607. The number of aryl methyl sites for hydroxylation is 1. The first-order valence-corrected chi connectivity index (χ1v) is 5.03. The number of halogens is 1. The smallest absolute Gasteiger partial charge is 0.169 e. The third-order valence-corrected chi connectivity index (χ3v) is 2.61. The van der Waals surface area contributed by atoms with Gasteiger partial charge in [0.1, 0.15) is 23.9 Å². The zero-order chi connectivity index (χ0) is 11.1. The number of furan rings is 1. The van der Waals surface area contributed by atoms with Gasteiger partial charge in [0.25, 0.3) is 0 Å². The van der Waals surface area contributed by atoms with E-state index in [4.69, 9.17) is 16.0 Å². The molecule has 5 nitrogen and oxygen atoms in total. The number of hydrogen-bond acceptors (Lipinski definition) is 4. The third kappa shape index (κ3) is 1.22. The second-order valence-electron chi connectivity index (χ2n) is 3.31. The zero-order valence-corrected chi connectivity index (χ0v) is 9.14. The molecule has 0 fully saturated rings. The van der Waals surface area contributed by atoms with Crippen molar-refractivity contribution in [3.8, 4) is 5.69 Å². The maximum absolute atomic E-state index is 5.95. The monoisotopic (exact) mass is 234 g/mol. The molecule has 6 heteroatoms. The van der Waals surface area contributed by atoms with Crippen LogP contribution in [0.25, 0.3) is 16.9 Å². The molecule has 3 aromatic heterocycles. The highest BCUT2D eigenvalue weighted by Gasteiger charge is 2.13. The van der Waals surface area contributed by atoms with Crippen LogP contribution in [0.2, 0.25) is 5.15 Å². The highest BCUT2D eigenvalue weighted by molar-refractivity contribution is 6.33. The van der Waals surface area contributed by atoms with Crippen LogP contribution in [0.15, 0.2) is 29.3 Å². The number of rotatable bonds is 1. The molecule has 0 amide bonds. The molecular formula is C10H7ClN4O. The van der Waals surface area contributed by atoms with Crippen molar-refractivity contribution in [2.45, 2.75) is 6.92 Å².